The van der Waals surface area contributed by atoms with Crippen molar-refractivity contribution in [3.63, 3.8) is 0 Å². The number of azide groups is 1. The third kappa shape index (κ3) is 21.3. The van der Waals surface area contributed by atoms with Gasteiger partial charge in [0.05, 0.1) is 0 Å². The van der Waals surface area contributed by atoms with E-state index in [2.05, 4.69) is 10.0 Å². The van der Waals surface area contributed by atoms with E-state index in [0.717, 1.165) is 12.8 Å². The van der Waals surface area contributed by atoms with Crippen LogP contribution in [0.3, 0.4) is 0 Å². The van der Waals surface area contributed by atoms with Crippen molar-refractivity contribution >= 4 is 0 Å². The molecule has 0 atom stereocenters. The van der Waals surface area contributed by atoms with Crippen LogP contribution in [-0.4, -0.2) is 18.3 Å². The van der Waals surface area contributed by atoms with E-state index in [4.69, 9.17) is 10.6 Å². The van der Waals surface area contributed by atoms with E-state index in [9.17, 15) is 0 Å². The molecule has 0 bridgehead atoms. The van der Waals surface area contributed by atoms with Crippen molar-refractivity contribution in [2.75, 3.05) is 13.2 Å². The van der Waals surface area contributed by atoms with Gasteiger partial charge in [0.1, 0.15) is 0 Å². The van der Waals surface area contributed by atoms with E-state index in [-0.39, 0.29) is 0 Å². The molecule has 0 heterocycles. The number of rotatable bonds is 20. The summed E-state index contributed by atoms with van der Waals surface area (Å²) in [6.07, 6.45) is 23.8. The normalized spacial score (nSPS) is 10.7. The Hall–Kier alpha value is -0.730. The van der Waals surface area contributed by atoms with Gasteiger partial charge < -0.3 is 5.11 Å². The summed E-state index contributed by atoms with van der Waals surface area (Å²) in [5.41, 5.74) is 8.17. The Bertz CT molecular complexity index is 278. The highest BCUT2D eigenvalue weighted by atomic mass is 16.2. The van der Waals surface area contributed by atoms with Crippen LogP contribution < -0.4 is 0 Å². The van der Waals surface area contributed by atoms with Crippen molar-refractivity contribution in [3.8, 4) is 0 Å². The molecule has 0 aromatic rings. The van der Waals surface area contributed by atoms with Crippen LogP contribution >= 0.6 is 0 Å². The Labute approximate surface area is 150 Å². The van der Waals surface area contributed by atoms with Gasteiger partial charge in [-0.15, -0.1) is 0 Å². The first-order valence-corrected chi connectivity index (χ1v) is 10.5. The molecule has 0 fully saturated rings. The molecule has 1 N–H and O–H groups in total. The first kappa shape index (κ1) is 23.3. The molecule has 0 rings (SSSR count). The van der Waals surface area contributed by atoms with E-state index in [1.54, 1.807) is 0 Å². The van der Waals surface area contributed by atoms with Crippen LogP contribution in [0.1, 0.15) is 116 Å². The highest BCUT2D eigenvalue weighted by Crippen LogP contribution is 2.14. The zero-order valence-electron chi connectivity index (χ0n) is 15.9. The van der Waals surface area contributed by atoms with E-state index in [0.29, 0.717) is 13.2 Å². The maximum absolute atomic E-state index is 8.70. The monoisotopic (exact) mass is 339 g/mol. The molecule has 0 aliphatic carbocycles. The van der Waals surface area contributed by atoms with Gasteiger partial charge in [0.2, 0.25) is 0 Å². The van der Waals surface area contributed by atoms with Crippen molar-refractivity contribution < 1.29 is 5.11 Å². The van der Waals surface area contributed by atoms with Gasteiger partial charge in [-0.3, -0.25) is 0 Å². The van der Waals surface area contributed by atoms with Crippen LogP contribution in [0.5, 0.6) is 0 Å². The standard InChI is InChI=1S/C20H41N3O/c21-23-22-19-17-15-13-11-9-7-5-3-1-2-4-6-8-10-12-14-16-18-20-24/h24H,1-20H2. The summed E-state index contributed by atoms with van der Waals surface area (Å²) < 4.78 is 0. The molecule has 0 saturated carbocycles. The fraction of sp³-hybridized carbons (Fsp3) is 1.00. The molecule has 0 aromatic carbocycles. The summed E-state index contributed by atoms with van der Waals surface area (Å²) in [5.74, 6) is 0. The molecule has 0 unspecified atom stereocenters. The van der Waals surface area contributed by atoms with Gasteiger partial charge in [-0.05, 0) is 18.4 Å². The average Bonchev–Trinajstić information content (AvgIpc) is 2.60. The van der Waals surface area contributed by atoms with Crippen LogP contribution in [0.4, 0.5) is 0 Å². The predicted molar refractivity (Wildman–Crippen MR) is 104 cm³/mol. The molecular weight excluding hydrogens is 298 g/mol. The molecule has 4 nitrogen and oxygen atoms in total. The quantitative estimate of drug-likeness (QED) is 0.107. The topological polar surface area (TPSA) is 69.0 Å². The SMILES string of the molecule is [N-]=[N+]=NCCCCCCCCCCCCCCCCCCCCO. The Morgan fingerprint density at radius 3 is 1.08 bits per heavy atom. The molecule has 24 heavy (non-hydrogen) atoms. The van der Waals surface area contributed by atoms with Gasteiger partial charge in [-0.2, -0.15) is 0 Å². The summed E-state index contributed by atoms with van der Waals surface area (Å²) in [4.78, 5) is 2.77. The van der Waals surface area contributed by atoms with Gasteiger partial charge >= 0.3 is 0 Å². The lowest BCUT2D eigenvalue weighted by Crippen LogP contribution is -1.85. The molecule has 0 aliphatic heterocycles. The van der Waals surface area contributed by atoms with Gasteiger partial charge in [0.25, 0.3) is 0 Å². The van der Waals surface area contributed by atoms with Gasteiger partial charge in [0, 0.05) is 18.1 Å². The van der Waals surface area contributed by atoms with Gasteiger partial charge in [-0.1, -0.05) is 108 Å². The van der Waals surface area contributed by atoms with E-state index in [1.165, 1.54) is 103 Å². The highest BCUT2D eigenvalue weighted by molar-refractivity contribution is 4.51. The summed E-state index contributed by atoms with van der Waals surface area (Å²) in [6, 6.07) is 0. The van der Waals surface area contributed by atoms with E-state index in [1.807, 2.05) is 0 Å². The maximum Gasteiger partial charge on any atom is 0.0431 e. The van der Waals surface area contributed by atoms with Gasteiger partial charge in [0.15, 0.2) is 0 Å². The number of nitrogens with zero attached hydrogens (tertiary/aromatic N) is 3. The molecule has 4 heteroatoms. The first-order valence-electron chi connectivity index (χ1n) is 10.5. The minimum atomic E-state index is 0.360. The molecule has 0 amide bonds. The van der Waals surface area contributed by atoms with Crippen LogP contribution in [0.25, 0.3) is 10.4 Å². The summed E-state index contributed by atoms with van der Waals surface area (Å²) in [6.45, 7) is 1.03. The first-order chi connectivity index (χ1) is 11.9. The second-order valence-electron chi connectivity index (χ2n) is 7.04. The van der Waals surface area contributed by atoms with Crippen molar-refractivity contribution in [3.05, 3.63) is 10.4 Å². The molecule has 0 aliphatic rings. The Morgan fingerprint density at radius 1 is 0.500 bits per heavy atom. The molecule has 0 saturated heterocycles. The van der Waals surface area contributed by atoms with E-state index < -0.39 is 0 Å². The Morgan fingerprint density at radius 2 is 0.792 bits per heavy atom. The molecule has 0 aromatic heterocycles. The third-order valence-electron chi connectivity index (χ3n) is 4.73. The third-order valence-corrected chi connectivity index (χ3v) is 4.73. The molecule has 0 spiro atoms. The Balaban J connectivity index is 2.96. The fourth-order valence-electron chi connectivity index (χ4n) is 3.17. The van der Waals surface area contributed by atoms with Crippen LogP contribution in [-0.2, 0) is 0 Å². The largest absolute Gasteiger partial charge is 0.396 e. The number of hydrogen-bond donors (Lipinski definition) is 1. The number of hydrogen-bond acceptors (Lipinski definition) is 2. The van der Waals surface area contributed by atoms with Crippen molar-refractivity contribution in [1.82, 2.24) is 0 Å². The smallest absolute Gasteiger partial charge is 0.0431 e. The molecule has 142 valence electrons. The predicted octanol–water partition coefficient (Wildman–Crippen LogP) is 7.31. The summed E-state index contributed by atoms with van der Waals surface area (Å²) in [5, 5.41) is 12.3. The highest BCUT2D eigenvalue weighted by Gasteiger charge is 1.95. The van der Waals surface area contributed by atoms with E-state index >= 15 is 0 Å². The number of unbranched alkanes of at least 4 members (excludes halogenated alkanes) is 17. The maximum atomic E-state index is 8.70. The van der Waals surface area contributed by atoms with Crippen LogP contribution in [0.15, 0.2) is 5.11 Å². The lowest BCUT2D eigenvalue weighted by Gasteiger charge is -2.03. The minimum Gasteiger partial charge on any atom is -0.396 e. The van der Waals surface area contributed by atoms with Crippen molar-refractivity contribution in [2.24, 2.45) is 5.11 Å². The number of aliphatic hydroxyl groups is 1. The van der Waals surface area contributed by atoms with Crippen LogP contribution in [0, 0.1) is 0 Å². The summed E-state index contributed by atoms with van der Waals surface area (Å²) in [7, 11) is 0. The Kier molecular flexibility index (Phi) is 21.6. The molecule has 0 radical (unpaired) electrons. The fourth-order valence-corrected chi connectivity index (χ4v) is 3.17. The zero-order chi connectivity index (χ0) is 17.6. The summed E-state index contributed by atoms with van der Waals surface area (Å²) >= 11 is 0. The molecular formula is C20H41N3O. The lowest BCUT2D eigenvalue weighted by atomic mass is 10.0. The zero-order valence-corrected chi connectivity index (χ0v) is 15.9. The number of aliphatic hydroxyl groups excluding tert-OH is 1. The van der Waals surface area contributed by atoms with Crippen molar-refractivity contribution in [2.45, 2.75) is 116 Å². The average molecular weight is 340 g/mol. The van der Waals surface area contributed by atoms with Crippen molar-refractivity contribution in [1.29, 1.82) is 0 Å². The minimum absolute atomic E-state index is 0.360. The van der Waals surface area contributed by atoms with Crippen LogP contribution in [0.2, 0.25) is 0 Å². The van der Waals surface area contributed by atoms with Gasteiger partial charge in [-0.25, -0.2) is 0 Å². The second-order valence-corrected chi connectivity index (χ2v) is 7.04. The lowest BCUT2D eigenvalue weighted by molar-refractivity contribution is 0.282. The second kappa shape index (κ2) is 22.3.